The van der Waals surface area contributed by atoms with Gasteiger partial charge >= 0.3 is 0 Å². The average molecular weight is 345 g/mol. The molecule has 1 aromatic rings. The molecule has 1 unspecified atom stereocenters. The number of ether oxygens (including phenoxy) is 1. The molecule has 25 heavy (non-hydrogen) atoms. The van der Waals surface area contributed by atoms with Gasteiger partial charge in [0.2, 0.25) is 5.91 Å². The summed E-state index contributed by atoms with van der Waals surface area (Å²) in [5, 5.41) is 2.92. The molecule has 1 fully saturated rings. The third-order valence-electron chi connectivity index (χ3n) is 4.23. The zero-order chi connectivity index (χ0) is 18.2. The Hall–Kier alpha value is -2.34. The minimum atomic E-state index is -0.239. The number of piperidine rings is 1. The fraction of sp³-hybridized carbons (Fsp3) is 0.474. The number of nitrogens with one attached hydrogen (secondary N) is 1. The van der Waals surface area contributed by atoms with Crippen molar-refractivity contribution < 1.29 is 14.3 Å². The maximum atomic E-state index is 12.4. The van der Waals surface area contributed by atoms with E-state index in [-0.39, 0.29) is 17.7 Å². The van der Waals surface area contributed by atoms with Gasteiger partial charge in [-0.05, 0) is 44.0 Å². The average Bonchev–Trinajstić information content (AvgIpc) is 2.60. The van der Waals surface area contributed by atoms with Crippen LogP contribution in [0.1, 0.15) is 30.1 Å². The van der Waals surface area contributed by atoms with Crippen LogP contribution in [0.3, 0.4) is 0 Å². The molecule has 6 heteroatoms. The van der Waals surface area contributed by atoms with Crippen LogP contribution >= 0.6 is 0 Å². The molecule has 1 saturated heterocycles. The number of primary amides is 1. The number of para-hydroxylation sites is 1. The number of carbonyl (C=O) groups is 2. The van der Waals surface area contributed by atoms with E-state index in [4.69, 9.17) is 10.5 Å². The molecule has 0 radical (unpaired) electrons. The van der Waals surface area contributed by atoms with Gasteiger partial charge in [-0.25, -0.2) is 0 Å². The first-order valence-corrected chi connectivity index (χ1v) is 8.63. The fourth-order valence-electron chi connectivity index (χ4n) is 2.89. The van der Waals surface area contributed by atoms with Crippen molar-refractivity contribution in [2.24, 2.45) is 11.7 Å². The largest absolute Gasteiger partial charge is 0.488 e. The highest BCUT2D eigenvalue weighted by Gasteiger charge is 2.23. The van der Waals surface area contributed by atoms with E-state index in [9.17, 15) is 9.59 Å². The lowest BCUT2D eigenvalue weighted by atomic mass is 9.97. The molecule has 0 aliphatic carbocycles. The zero-order valence-electron chi connectivity index (χ0n) is 14.8. The van der Waals surface area contributed by atoms with Crippen molar-refractivity contribution in [3.63, 3.8) is 0 Å². The van der Waals surface area contributed by atoms with Crippen LogP contribution in [0, 0.1) is 5.92 Å². The smallest absolute Gasteiger partial charge is 0.255 e. The summed E-state index contributed by atoms with van der Waals surface area (Å²) in [6.07, 6.45) is 1.81. The molecule has 1 aliphatic heterocycles. The van der Waals surface area contributed by atoms with E-state index in [1.165, 1.54) is 0 Å². The lowest BCUT2D eigenvalue weighted by molar-refractivity contribution is -0.123. The van der Waals surface area contributed by atoms with Gasteiger partial charge in [-0.3, -0.25) is 9.59 Å². The molecule has 3 N–H and O–H groups in total. The molecular weight excluding hydrogens is 318 g/mol. The Morgan fingerprint density at radius 3 is 2.88 bits per heavy atom. The van der Waals surface area contributed by atoms with Crippen LogP contribution < -0.4 is 15.8 Å². The van der Waals surface area contributed by atoms with Gasteiger partial charge in [0.25, 0.3) is 5.91 Å². The third kappa shape index (κ3) is 5.90. The summed E-state index contributed by atoms with van der Waals surface area (Å²) in [6, 6.07) is 7.17. The van der Waals surface area contributed by atoms with Crippen molar-refractivity contribution in [1.82, 2.24) is 10.2 Å². The van der Waals surface area contributed by atoms with Crippen LogP contribution in [-0.4, -0.2) is 49.5 Å². The van der Waals surface area contributed by atoms with Gasteiger partial charge in [-0.1, -0.05) is 18.7 Å². The Bertz CT molecular complexity index is 630. The first-order chi connectivity index (χ1) is 12.0. The van der Waals surface area contributed by atoms with E-state index < -0.39 is 0 Å². The number of carbonyl (C=O) groups excluding carboxylic acids is 2. The third-order valence-corrected chi connectivity index (χ3v) is 4.23. The Morgan fingerprint density at radius 2 is 2.16 bits per heavy atom. The Kier molecular flexibility index (Phi) is 7.01. The number of rotatable bonds is 8. The summed E-state index contributed by atoms with van der Waals surface area (Å²) in [4.78, 5) is 25.9. The zero-order valence-corrected chi connectivity index (χ0v) is 14.8. The minimum absolute atomic E-state index is 0.0827. The highest BCUT2D eigenvalue weighted by atomic mass is 16.5. The predicted molar refractivity (Wildman–Crippen MR) is 97.4 cm³/mol. The molecule has 1 aromatic carbocycles. The second-order valence-electron chi connectivity index (χ2n) is 6.54. The number of benzene rings is 1. The van der Waals surface area contributed by atoms with Crippen molar-refractivity contribution >= 4 is 11.8 Å². The maximum Gasteiger partial charge on any atom is 0.255 e. The van der Waals surface area contributed by atoms with E-state index >= 15 is 0 Å². The van der Waals surface area contributed by atoms with Crippen LogP contribution in [0.15, 0.2) is 36.4 Å². The number of nitrogens with zero attached hydrogens (tertiary/aromatic N) is 1. The van der Waals surface area contributed by atoms with Crippen molar-refractivity contribution in [3.8, 4) is 5.75 Å². The second kappa shape index (κ2) is 9.22. The van der Waals surface area contributed by atoms with E-state index in [0.717, 1.165) is 25.0 Å². The topological polar surface area (TPSA) is 84.7 Å². The Balaban J connectivity index is 1.84. The molecule has 2 amide bonds. The number of hydrogen-bond acceptors (Lipinski definition) is 4. The van der Waals surface area contributed by atoms with Crippen LogP contribution in [-0.2, 0) is 4.79 Å². The van der Waals surface area contributed by atoms with Gasteiger partial charge in [-0.15, -0.1) is 0 Å². The van der Waals surface area contributed by atoms with Crippen LogP contribution in [0.4, 0.5) is 0 Å². The van der Waals surface area contributed by atoms with Gasteiger partial charge in [0, 0.05) is 19.6 Å². The molecule has 1 aliphatic rings. The molecule has 0 aromatic heterocycles. The summed E-state index contributed by atoms with van der Waals surface area (Å²) in [6.45, 7) is 8.87. The fourth-order valence-corrected chi connectivity index (χ4v) is 2.89. The van der Waals surface area contributed by atoms with Gasteiger partial charge in [-0.2, -0.15) is 0 Å². The Morgan fingerprint density at radius 1 is 1.40 bits per heavy atom. The monoisotopic (exact) mass is 345 g/mol. The Labute approximate surface area is 149 Å². The van der Waals surface area contributed by atoms with E-state index in [1.807, 2.05) is 19.1 Å². The summed E-state index contributed by atoms with van der Waals surface area (Å²) < 4.78 is 5.63. The molecule has 0 bridgehead atoms. The minimum Gasteiger partial charge on any atom is -0.488 e. The van der Waals surface area contributed by atoms with Gasteiger partial charge in [0.05, 0.1) is 11.5 Å². The standard InChI is InChI=1S/C19H27N3O3/c1-14(2)13-25-17-8-4-3-7-16(17)19(24)21-9-11-22-10-5-6-15(12-22)18(20)23/h3-4,7-8,15H,1,5-6,9-13H2,2H3,(H2,20,23)(H,21,24). The summed E-state index contributed by atoms with van der Waals surface area (Å²) in [5.41, 5.74) is 6.80. The van der Waals surface area contributed by atoms with E-state index in [2.05, 4.69) is 16.8 Å². The first kappa shape index (κ1) is 19.0. The molecule has 0 saturated carbocycles. The predicted octanol–water partition coefficient (Wildman–Crippen LogP) is 1.57. The number of amides is 2. The van der Waals surface area contributed by atoms with Crippen LogP contribution in [0.25, 0.3) is 0 Å². The summed E-state index contributed by atoms with van der Waals surface area (Å²) in [5.74, 6) is 0.0635. The lowest BCUT2D eigenvalue weighted by Gasteiger charge is -2.31. The normalized spacial score (nSPS) is 17.7. The summed E-state index contributed by atoms with van der Waals surface area (Å²) in [7, 11) is 0. The quantitative estimate of drug-likeness (QED) is 0.701. The molecule has 136 valence electrons. The molecule has 1 atom stereocenters. The molecule has 2 rings (SSSR count). The molecule has 6 nitrogen and oxygen atoms in total. The number of nitrogens with two attached hydrogens (primary N) is 1. The highest BCUT2D eigenvalue weighted by Crippen LogP contribution is 2.18. The van der Waals surface area contributed by atoms with Crippen LogP contribution in [0.2, 0.25) is 0 Å². The van der Waals surface area contributed by atoms with E-state index in [0.29, 0.717) is 37.6 Å². The number of hydrogen-bond donors (Lipinski definition) is 2. The SMILES string of the molecule is C=C(C)COc1ccccc1C(=O)NCCN1CCCC(C(N)=O)C1. The second-order valence-corrected chi connectivity index (χ2v) is 6.54. The van der Waals surface area contributed by atoms with Gasteiger partial charge in [0.15, 0.2) is 0 Å². The first-order valence-electron chi connectivity index (χ1n) is 8.63. The van der Waals surface area contributed by atoms with Crippen molar-refractivity contribution in [1.29, 1.82) is 0 Å². The van der Waals surface area contributed by atoms with Gasteiger partial charge in [0.1, 0.15) is 12.4 Å². The summed E-state index contributed by atoms with van der Waals surface area (Å²) >= 11 is 0. The lowest BCUT2D eigenvalue weighted by Crippen LogP contribution is -2.44. The van der Waals surface area contributed by atoms with E-state index in [1.54, 1.807) is 12.1 Å². The highest BCUT2D eigenvalue weighted by molar-refractivity contribution is 5.96. The van der Waals surface area contributed by atoms with Crippen molar-refractivity contribution in [3.05, 3.63) is 42.0 Å². The maximum absolute atomic E-state index is 12.4. The van der Waals surface area contributed by atoms with Crippen molar-refractivity contribution in [2.75, 3.05) is 32.8 Å². The van der Waals surface area contributed by atoms with Crippen LogP contribution in [0.5, 0.6) is 5.75 Å². The van der Waals surface area contributed by atoms with Crippen molar-refractivity contribution in [2.45, 2.75) is 19.8 Å². The molecular formula is C19H27N3O3. The van der Waals surface area contributed by atoms with Gasteiger partial charge < -0.3 is 20.7 Å². The molecule has 1 heterocycles. The molecule has 0 spiro atoms. The number of likely N-dealkylation sites (tertiary alicyclic amines) is 1.